The van der Waals surface area contributed by atoms with Crippen molar-refractivity contribution >= 4 is 5.91 Å². The number of hydrogen-bond donors (Lipinski definition) is 2. The Hall–Kier alpha value is -1.90. The lowest BCUT2D eigenvalue weighted by Crippen LogP contribution is -2.39. The Morgan fingerprint density at radius 2 is 2.26 bits per heavy atom. The first kappa shape index (κ1) is 15.2. The molecule has 0 saturated carbocycles. The SMILES string of the molecule is CC(CN(C)C)NC(=O)c1ccc(C#CCN)cn1. The molecular weight excluding hydrogens is 240 g/mol. The molecule has 1 atom stereocenters. The number of likely N-dealkylation sites (N-methyl/N-ethyl adjacent to an activating group) is 1. The van der Waals surface area contributed by atoms with Crippen LogP contribution in [0.4, 0.5) is 0 Å². The van der Waals surface area contributed by atoms with Crippen molar-refractivity contribution in [3.05, 3.63) is 29.6 Å². The maximum absolute atomic E-state index is 11.9. The molecule has 0 saturated heterocycles. The summed E-state index contributed by atoms with van der Waals surface area (Å²) in [5.41, 5.74) is 6.43. The number of rotatable bonds is 4. The lowest BCUT2D eigenvalue weighted by molar-refractivity contribution is 0.0929. The summed E-state index contributed by atoms with van der Waals surface area (Å²) in [7, 11) is 3.93. The van der Waals surface area contributed by atoms with Crippen molar-refractivity contribution in [2.45, 2.75) is 13.0 Å². The molecule has 0 radical (unpaired) electrons. The summed E-state index contributed by atoms with van der Waals surface area (Å²) in [4.78, 5) is 18.0. The van der Waals surface area contributed by atoms with Crippen LogP contribution in [0, 0.1) is 11.8 Å². The molecule has 1 amide bonds. The summed E-state index contributed by atoms with van der Waals surface area (Å²) in [5.74, 6) is 5.43. The van der Waals surface area contributed by atoms with Crippen molar-refractivity contribution in [2.75, 3.05) is 27.2 Å². The van der Waals surface area contributed by atoms with E-state index in [-0.39, 0.29) is 11.9 Å². The first-order valence-corrected chi connectivity index (χ1v) is 6.13. The van der Waals surface area contributed by atoms with Gasteiger partial charge in [-0.2, -0.15) is 0 Å². The largest absolute Gasteiger partial charge is 0.347 e. The lowest BCUT2D eigenvalue weighted by Gasteiger charge is -2.17. The van der Waals surface area contributed by atoms with Gasteiger partial charge in [0.1, 0.15) is 5.69 Å². The van der Waals surface area contributed by atoms with E-state index in [0.29, 0.717) is 12.2 Å². The van der Waals surface area contributed by atoms with E-state index in [1.54, 1.807) is 18.3 Å². The molecule has 0 bridgehead atoms. The number of aromatic nitrogens is 1. The van der Waals surface area contributed by atoms with Crippen LogP contribution in [0.15, 0.2) is 18.3 Å². The van der Waals surface area contributed by atoms with Crippen LogP contribution in [0.2, 0.25) is 0 Å². The monoisotopic (exact) mass is 260 g/mol. The molecule has 0 aliphatic carbocycles. The number of nitrogens with two attached hydrogens (primary N) is 1. The highest BCUT2D eigenvalue weighted by Crippen LogP contribution is 1.99. The van der Waals surface area contributed by atoms with Gasteiger partial charge in [0.05, 0.1) is 6.54 Å². The fourth-order valence-corrected chi connectivity index (χ4v) is 1.65. The van der Waals surface area contributed by atoms with E-state index in [2.05, 4.69) is 22.1 Å². The predicted molar refractivity (Wildman–Crippen MR) is 75.7 cm³/mol. The van der Waals surface area contributed by atoms with Gasteiger partial charge in [-0.3, -0.25) is 4.79 Å². The van der Waals surface area contributed by atoms with Gasteiger partial charge in [-0.15, -0.1) is 0 Å². The van der Waals surface area contributed by atoms with Crippen LogP contribution < -0.4 is 11.1 Å². The molecule has 0 fully saturated rings. The van der Waals surface area contributed by atoms with Gasteiger partial charge in [-0.25, -0.2) is 4.98 Å². The van der Waals surface area contributed by atoms with Gasteiger partial charge in [-0.1, -0.05) is 11.8 Å². The molecule has 0 spiro atoms. The molecule has 1 aromatic rings. The zero-order chi connectivity index (χ0) is 14.3. The maximum atomic E-state index is 11.9. The van der Waals surface area contributed by atoms with Gasteiger partial charge >= 0.3 is 0 Å². The molecule has 102 valence electrons. The number of hydrogen-bond acceptors (Lipinski definition) is 4. The van der Waals surface area contributed by atoms with E-state index in [9.17, 15) is 4.79 Å². The van der Waals surface area contributed by atoms with Crippen molar-refractivity contribution in [3.63, 3.8) is 0 Å². The van der Waals surface area contributed by atoms with E-state index in [4.69, 9.17) is 5.73 Å². The quantitative estimate of drug-likeness (QED) is 0.752. The molecule has 19 heavy (non-hydrogen) atoms. The van der Waals surface area contributed by atoms with Crippen molar-refractivity contribution in [3.8, 4) is 11.8 Å². The second-order valence-electron chi connectivity index (χ2n) is 4.57. The van der Waals surface area contributed by atoms with E-state index >= 15 is 0 Å². The molecule has 1 aromatic heterocycles. The number of pyridine rings is 1. The molecule has 1 unspecified atom stereocenters. The highest BCUT2D eigenvalue weighted by atomic mass is 16.1. The summed E-state index contributed by atoms with van der Waals surface area (Å²) in [6, 6.07) is 3.50. The van der Waals surface area contributed by atoms with E-state index in [0.717, 1.165) is 12.1 Å². The third-order valence-electron chi connectivity index (χ3n) is 2.35. The van der Waals surface area contributed by atoms with Crippen LogP contribution in [0.25, 0.3) is 0 Å². The topological polar surface area (TPSA) is 71.2 Å². The van der Waals surface area contributed by atoms with Crippen molar-refractivity contribution in [2.24, 2.45) is 5.73 Å². The van der Waals surface area contributed by atoms with Crippen LogP contribution in [-0.2, 0) is 0 Å². The molecule has 0 aliphatic heterocycles. The zero-order valence-corrected chi connectivity index (χ0v) is 11.6. The first-order valence-electron chi connectivity index (χ1n) is 6.13. The minimum Gasteiger partial charge on any atom is -0.347 e. The highest BCUT2D eigenvalue weighted by Gasteiger charge is 2.11. The average molecular weight is 260 g/mol. The number of nitrogens with zero attached hydrogens (tertiary/aromatic N) is 2. The van der Waals surface area contributed by atoms with Gasteiger partial charge in [0, 0.05) is 24.3 Å². The Morgan fingerprint density at radius 1 is 1.53 bits per heavy atom. The third-order valence-corrected chi connectivity index (χ3v) is 2.35. The van der Waals surface area contributed by atoms with Crippen molar-refractivity contribution in [1.29, 1.82) is 0 Å². The Labute approximate surface area is 114 Å². The van der Waals surface area contributed by atoms with Crippen LogP contribution in [0.5, 0.6) is 0 Å². The minimum atomic E-state index is -0.173. The molecule has 0 aromatic carbocycles. The smallest absolute Gasteiger partial charge is 0.270 e. The normalized spacial score (nSPS) is 11.6. The molecule has 0 aliphatic rings. The summed E-state index contributed by atoms with van der Waals surface area (Å²) in [6.45, 7) is 3.05. The Morgan fingerprint density at radius 3 is 2.79 bits per heavy atom. The third kappa shape index (κ3) is 5.51. The maximum Gasteiger partial charge on any atom is 0.270 e. The standard InChI is InChI=1S/C14H20N4O/c1-11(10-18(2)3)17-14(19)13-7-6-12(9-16-13)5-4-8-15/h6-7,9,11H,8,10,15H2,1-3H3,(H,17,19). The summed E-state index contributed by atoms with van der Waals surface area (Å²) >= 11 is 0. The zero-order valence-electron chi connectivity index (χ0n) is 11.6. The number of carbonyl (C=O) groups is 1. The van der Waals surface area contributed by atoms with Crippen LogP contribution >= 0.6 is 0 Å². The van der Waals surface area contributed by atoms with E-state index < -0.39 is 0 Å². The van der Waals surface area contributed by atoms with Crippen LogP contribution in [-0.4, -0.2) is 49.0 Å². The Kier molecular flexibility index (Phi) is 6.00. The summed E-state index contributed by atoms with van der Waals surface area (Å²) in [5, 5.41) is 2.89. The Balaban J connectivity index is 2.62. The van der Waals surface area contributed by atoms with Gasteiger partial charge < -0.3 is 16.0 Å². The van der Waals surface area contributed by atoms with Gasteiger partial charge in [-0.05, 0) is 33.2 Å². The van der Waals surface area contributed by atoms with Gasteiger partial charge in [0.25, 0.3) is 5.91 Å². The first-order chi connectivity index (χ1) is 9.02. The fraction of sp³-hybridized carbons (Fsp3) is 0.429. The second-order valence-corrected chi connectivity index (χ2v) is 4.57. The van der Waals surface area contributed by atoms with Crippen LogP contribution in [0.3, 0.4) is 0 Å². The molecule has 3 N–H and O–H groups in total. The Bertz CT molecular complexity index is 470. The number of nitrogens with one attached hydrogen (secondary N) is 1. The predicted octanol–water partition coefficient (Wildman–Crippen LogP) is 0.0717. The molecular formula is C14H20N4O. The number of amides is 1. The summed E-state index contributed by atoms with van der Waals surface area (Å²) < 4.78 is 0. The average Bonchev–Trinajstić information content (AvgIpc) is 2.35. The summed E-state index contributed by atoms with van der Waals surface area (Å²) in [6.07, 6.45) is 1.58. The van der Waals surface area contributed by atoms with E-state index in [1.807, 2.05) is 25.9 Å². The molecule has 1 heterocycles. The highest BCUT2D eigenvalue weighted by molar-refractivity contribution is 5.92. The molecule has 5 heteroatoms. The van der Waals surface area contributed by atoms with Gasteiger partial charge in [0.15, 0.2) is 0 Å². The van der Waals surface area contributed by atoms with E-state index in [1.165, 1.54) is 0 Å². The molecule has 5 nitrogen and oxygen atoms in total. The molecule has 1 rings (SSSR count). The second kappa shape index (κ2) is 7.52. The minimum absolute atomic E-state index is 0.0704. The lowest BCUT2D eigenvalue weighted by atomic mass is 10.2. The van der Waals surface area contributed by atoms with Crippen molar-refractivity contribution in [1.82, 2.24) is 15.2 Å². The van der Waals surface area contributed by atoms with Gasteiger partial charge in [0.2, 0.25) is 0 Å². The van der Waals surface area contributed by atoms with Crippen molar-refractivity contribution < 1.29 is 4.79 Å². The fourth-order valence-electron chi connectivity index (χ4n) is 1.65. The number of carbonyl (C=O) groups excluding carboxylic acids is 1. The van der Waals surface area contributed by atoms with Crippen LogP contribution in [0.1, 0.15) is 23.0 Å².